The Kier molecular flexibility index (Phi) is 4.29. The number of aromatic amines is 1. The molecule has 0 bridgehead atoms. The number of nitrogens with one attached hydrogen (secondary N) is 2. The lowest BCUT2D eigenvalue weighted by molar-refractivity contribution is -0.115. The van der Waals surface area contributed by atoms with E-state index in [1.54, 1.807) is 18.8 Å². The second kappa shape index (κ2) is 6.91. The molecule has 8 heteroatoms. The molecule has 0 radical (unpaired) electrons. The van der Waals surface area contributed by atoms with Crippen LogP contribution in [-0.2, 0) is 18.3 Å². The number of carbonyl (C=O) groups is 1. The number of fused-ring (bicyclic) bond motifs is 1. The molecule has 0 spiro atoms. The number of ether oxygens (including phenoxy) is 1. The topological polar surface area (TPSA) is 97.7 Å². The van der Waals surface area contributed by atoms with Gasteiger partial charge < -0.3 is 15.0 Å². The quantitative estimate of drug-likeness (QED) is 0.569. The van der Waals surface area contributed by atoms with Crippen molar-refractivity contribution in [1.82, 2.24) is 25.2 Å². The van der Waals surface area contributed by atoms with Gasteiger partial charge in [-0.2, -0.15) is 0 Å². The summed E-state index contributed by atoms with van der Waals surface area (Å²) >= 11 is 0. The molecule has 0 fully saturated rings. The fourth-order valence-corrected chi connectivity index (χ4v) is 3.02. The Labute approximate surface area is 155 Å². The normalized spacial score (nSPS) is 10.9. The third kappa shape index (κ3) is 3.37. The van der Waals surface area contributed by atoms with Gasteiger partial charge in [0.05, 0.1) is 13.5 Å². The van der Waals surface area contributed by atoms with Gasteiger partial charge in [0, 0.05) is 35.4 Å². The van der Waals surface area contributed by atoms with Gasteiger partial charge in [-0.3, -0.25) is 4.79 Å². The Hall–Kier alpha value is -3.68. The van der Waals surface area contributed by atoms with Crippen LogP contribution in [0.3, 0.4) is 0 Å². The molecule has 0 aliphatic rings. The van der Waals surface area contributed by atoms with Crippen molar-refractivity contribution >= 4 is 22.5 Å². The molecular weight excluding hydrogens is 344 g/mol. The molecule has 136 valence electrons. The van der Waals surface area contributed by atoms with Gasteiger partial charge in [0.2, 0.25) is 5.91 Å². The molecular formula is C19H18N6O2. The molecule has 8 nitrogen and oxygen atoms in total. The van der Waals surface area contributed by atoms with E-state index >= 15 is 0 Å². The first-order valence-electron chi connectivity index (χ1n) is 8.40. The minimum atomic E-state index is -0.105. The number of rotatable bonds is 5. The molecule has 0 aliphatic carbocycles. The van der Waals surface area contributed by atoms with Crippen LogP contribution in [0.2, 0.25) is 0 Å². The number of amides is 1. The molecule has 0 aliphatic heterocycles. The highest BCUT2D eigenvalue weighted by atomic mass is 16.5. The summed E-state index contributed by atoms with van der Waals surface area (Å²) in [6, 6.07) is 13.2. The minimum absolute atomic E-state index is 0.105. The number of tetrazole rings is 1. The zero-order chi connectivity index (χ0) is 18.8. The summed E-state index contributed by atoms with van der Waals surface area (Å²) < 4.78 is 6.86. The number of nitrogens with zero attached hydrogens (tertiary/aromatic N) is 4. The fraction of sp³-hybridized carbons (Fsp3) is 0.158. The number of H-pyrrole nitrogens is 1. The molecule has 27 heavy (non-hydrogen) atoms. The molecule has 4 aromatic rings. The zero-order valence-corrected chi connectivity index (χ0v) is 14.9. The zero-order valence-electron chi connectivity index (χ0n) is 14.9. The van der Waals surface area contributed by atoms with Gasteiger partial charge in [0.25, 0.3) is 0 Å². The molecule has 0 unspecified atom stereocenters. The summed E-state index contributed by atoms with van der Waals surface area (Å²) in [5.41, 5.74) is 3.40. The van der Waals surface area contributed by atoms with Crippen LogP contribution in [0.25, 0.3) is 22.3 Å². The summed E-state index contributed by atoms with van der Waals surface area (Å²) in [6.07, 6.45) is 2.11. The van der Waals surface area contributed by atoms with E-state index in [0.717, 1.165) is 27.8 Å². The van der Waals surface area contributed by atoms with Gasteiger partial charge in [0.15, 0.2) is 5.82 Å². The highest BCUT2D eigenvalue weighted by Gasteiger charge is 2.11. The average Bonchev–Trinajstić information content (AvgIpc) is 3.28. The smallest absolute Gasteiger partial charge is 0.228 e. The first-order valence-corrected chi connectivity index (χ1v) is 8.40. The molecule has 0 atom stereocenters. The third-order valence-electron chi connectivity index (χ3n) is 4.35. The Morgan fingerprint density at radius 3 is 2.93 bits per heavy atom. The van der Waals surface area contributed by atoms with Crippen LogP contribution < -0.4 is 10.1 Å². The van der Waals surface area contributed by atoms with E-state index in [0.29, 0.717) is 11.5 Å². The number of carbonyl (C=O) groups excluding carboxylic acids is 1. The van der Waals surface area contributed by atoms with Crippen LogP contribution in [-0.4, -0.2) is 38.2 Å². The van der Waals surface area contributed by atoms with Crippen LogP contribution in [0.4, 0.5) is 5.69 Å². The number of aryl methyl sites for hydroxylation is 1. The van der Waals surface area contributed by atoms with Gasteiger partial charge in [-0.15, -0.1) is 5.10 Å². The standard InChI is InChI=1S/C19H18N6O2/c1-25-19(22-23-24-25)12-4-3-5-14(8-12)21-18(26)9-13-11-20-17-7-6-15(27-2)10-16(13)17/h3-8,10-11,20H,9H2,1-2H3,(H,21,26). The second-order valence-electron chi connectivity index (χ2n) is 6.16. The molecule has 2 aromatic heterocycles. The Morgan fingerprint density at radius 1 is 1.26 bits per heavy atom. The van der Waals surface area contributed by atoms with Crippen molar-refractivity contribution in [2.24, 2.45) is 7.05 Å². The van der Waals surface area contributed by atoms with Crippen molar-refractivity contribution in [3.63, 3.8) is 0 Å². The lowest BCUT2D eigenvalue weighted by Crippen LogP contribution is -2.14. The largest absolute Gasteiger partial charge is 0.497 e. The van der Waals surface area contributed by atoms with E-state index in [-0.39, 0.29) is 12.3 Å². The molecule has 2 N–H and O–H groups in total. The fourth-order valence-electron chi connectivity index (χ4n) is 3.02. The third-order valence-corrected chi connectivity index (χ3v) is 4.35. The maximum atomic E-state index is 12.5. The first kappa shape index (κ1) is 16.8. The van der Waals surface area contributed by atoms with E-state index in [2.05, 4.69) is 25.8 Å². The van der Waals surface area contributed by atoms with Crippen LogP contribution in [0.1, 0.15) is 5.56 Å². The molecule has 4 rings (SSSR count). The van der Waals surface area contributed by atoms with Crippen molar-refractivity contribution in [3.8, 4) is 17.1 Å². The Bertz CT molecular complexity index is 1110. The Morgan fingerprint density at radius 2 is 2.15 bits per heavy atom. The van der Waals surface area contributed by atoms with Crippen molar-refractivity contribution in [3.05, 3.63) is 54.2 Å². The van der Waals surface area contributed by atoms with Crippen LogP contribution in [0.5, 0.6) is 5.75 Å². The monoisotopic (exact) mass is 362 g/mol. The number of benzene rings is 2. The predicted molar refractivity (Wildman–Crippen MR) is 101 cm³/mol. The minimum Gasteiger partial charge on any atom is -0.497 e. The lowest BCUT2D eigenvalue weighted by Gasteiger charge is -2.07. The van der Waals surface area contributed by atoms with Gasteiger partial charge in [-0.25, -0.2) is 4.68 Å². The average molecular weight is 362 g/mol. The number of anilines is 1. The maximum Gasteiger partial charge on any atom is 0.228 e. The van der Waals surface area contributed by atoms with Crippen LogP contribution in [0, 0.1) is 0 Å². The first-order chi connectivity index (χ1) is 13.1. The highest BCUT2D eigenvalue weighted by Crippen LogP contribution is 2.24. The van der Waals surface area contributed by atoms with Gasteiger partial charge in [-0.05, 0) is 46.3 Å². The summed E-state index contributed by atoms with van der Waals surface area (Å²) in [5, 5.41) is 15.4. The Balaban J connectivity index is 1.53. The van der Waals surface area contributed by atoms with Crippen LogP contribution >= 0.6 is 0 Å². The summed E-state index contributed by atoms with van der Waals surface area (Å²) in [6.45, 7) is 0. The molecule has 2 heterocycles. The van der Waals surface area contributed by atoms with E-state index in [1.165, 1.54) is 0 Å². The predicted octanol–water partition coefficient (Wildman–Crippen LogP) is 2.55. The number of aromatic nitrogens is 5. The molecule has 1 amide bonds. The highest BCUT2D eigenvalue weighted by molar-refractivity contribution is 5.96. The molecule has 0 saturated carbocycles. The molecule has 0 saturated heterocycles. The number of methoxy groups -OCH3 is 1. The van der Waals surface area contributed by atoms with Crippen molar-refractivity contribution in [2.75, 3.05) is 12.4 Å². The lowest BCUT2D eigenvalue weighted by atomic mass is 10.1. The van der Waals surface area contributed by atoms with Crippen molar-refractivity contribution < 1.29 is 9.53 Å². The van der Waals surface area contributed by atoms with E-state index < -0.39 is 0 Å². The van der Waals surface area contributed by atoms with Crippen molar-refractivity contribution in [2.45, 2.75) is 6.42 Å². The van der Waals surface area contributed by atoms with E-state index in [1.807, 2.05) is 48.7 Å². The summed E-state index contributed by atoms with van der Waals surface area (Å²) in [4.78, 5) is 15.7. The second-order valence-corrected chi connectivity index (χ2v) is 6.16. The van der Waals surface area contributed by atoms with Crippen LogP contribution in [0.15, 0.2) is 48.7 Å². The number of hydrogen-bond donors (Lipinski definition) is 2. The number of hydrogen-bond acceptors (Lipinski definition) is 5. The molecule has 2 aromatic carbocycles. The van der Waals surface area contributed by atoms with Gasteiger partial charge in [0.1, 0.15) is 5.75 Å². The maximum absolute atomic E-state index is 12.5. The van der Waals surface area contributed by atoms with E-state index in [9.17, 15) is 4.79 Å². The van der Waals surface area contributed by atoms with E-state index in [4.69, 9.17) is 4.74 Å². The SMILES string of the molecule is COc1ccc2[nH]cc(CC(=O)Nc3cccc(-c4nnnn4C)c3)c2c1. The van der Waals surface area contributed by atoms with Gasteiger partial charge >= 0.3 is 0 Å². The van der Waals surface area contributed by atoms with Gasteiger partial charge in [-0.1, -0.05) is 12.1 Å². The summed E-state index contributed by atoms with van der Waals surface area (Å²) in [7, 11) is 3.39. The summed E-state index contributed by atoms with van der Waals surface area (Å²) in [5.74, 6) is 1.29. The van der Waals surface area contributed by atoms with Crippen molar-refractivity contribution in [1.29, 1.82) is 0 Å².